The van der Waals surface area contributed by atoms with Crippen LogP contribution in [0.2, 0.25) is 0 Å². The van der Waals surface area contributed by atoms with Crippen LogP contribution in [0.5, 0.6) is 0 Å². The van der Waals surface area contributed by atoms with Gasteiger partial charge in [-0.05, 0) is 32.1 Å². The lowest BCUT2D eigenvalue weighted by Gasteiger charge is -2.07. The van der Waals surface area contributed by atoms with E-state index in [-0.39, 0.29) is 24.4 Å². The second-order valence-corrected chi connectivity index (χ2v) is 4.56. The number of fused-ring (bicyclic) bond motifs is 1. The molecule has 5 nitrogen and oxygen atoms in total. The predicted molar refractivity (Wildman–Crippen MR) is 82.9 cm³/mol. The van der Waals surface area contributed by atoms with Gasteiger partial charge in [0.1, 0.15) is 5.57 Å². The van der Waals surface area contributed by atoms with Gasteiger partial charge in [-0.15, -0.1) is 0 Å². The number of benzene rings is 1. The highest BCUT2D eigenvalue weighted by Crippen LogP contribution is 2.19. The molecule has 0 bridgehead atoms. The quantitative estimate of drug-likeness (QED) is 0.279. The van der Waals surface area contributed by atoms with Crippen molar-refractivity contribution in [3.8, 4) is 0 Å². The number of aromatic nitrogens is 1. The van der Waals surface area contributed by atoms with Crippen LogP contribution in [0.1, 0.15) is 19.4 Å². The molecule has 0 aliphatic carbocycles. The molecule has 0 atom stereocenters. The zero-order valence-corrected chi connectivity index (χ0v) is 12.8. The Kier molecular flexibility index (Phi) is 5.41. The summed E-state index contributed by atoms with van der Waals surface area (Å²) in [6.07, 6.45) is 1.10. The molecule has 0 aliphatic rings. The molecule has 0 saturated heterocycles. The summed E-state index contributed by atoms with van der Waals surface area (Å²) in [7, 11) is 0. The minimum Gasteiger partial charge on any atom is -0.462 e. The van der Waals surface area contributed by atoms with Crippen LogP contribution in [0.25, 0.3) is 17.0 Å². The number of carbonyl (C=O) groups excluding carboxylic acids is 2. The van der Waals surface area contributed by atoms with Gasteiger partial charge in [-0.25, -0.2) is 14.6 Å². The summed E-state index contributed by atoms with van der Waals surface area (Å²) in [5.41, 5.74) is 0.125. The Bertz CT molecular complexity index is 750. The molecule has 0 amide bonds. The van der Waals surface area contributed by atoms with Crippen LogP contribution < -0.4 is 0 Å². The molecule has 0 aliphatic heterocycles. The number of hydrogen-bond donors (Lipinski definition) is 0. The monoisotopic (exact) mass is 317 g/mol. The molecule has 2 aromatic rings. The summed E-state index contributed by atoms with van der Waals surface area (Å²) in [6.45, 7) is 3.40. The minimum atomic E-state index is -0.862. The average molecular weight is 317 g/mol. The third-order valence-corrected chi connectivity index (χ3v) is 3.00. The number of nitrogens with zero attached hydrogens (tertiary/aromatic N) is 1. The Morgan fingerprint density at radius 1 is 1.13 bits per heavy atom. The van der Waals surface area contributed by atoms with Gasteiger partial charge in [-0.3, -0.25) is 0 Å². The summed E-state index contributed by atoms with van der Waals surface area (Å²) in [5.74, 6) is -2.51. The van der Waals surface area contributed by atoms with Crippen LogP contribution in [0.15, 0.2) is 35.9 Å². The van der Waals surface area contributed by atoms with Gasteiger partial charge in [0.25, 0.3) is 0 Å². The van der Waals surface area contributed by atoms with E-state index >= 15 is 0 Å². The van der Waals surface area contributed by atoms with Crippen molar-refractivity contribution < 1.29 is 23.5 Å². The maximum atomic E-state index is 14.1. The van der Waals surface area contributed by atoms with E-state index in [0.29, 0.717) is 10.9 Å². The van der Waals surface area contributed by atoms with Crippen molar-refractivity contribution in [1.82, 2.24) is 4.98 Å². The van der Waals surface area contributed by atoms with Gasteiger partial charge in [-0.2, -0.15) is 4.39 Å². The Morgan fingerprint density at radius 3 is 2.35 bits per heavy atom. The highest BCUT2D eigenvalue weighted by molar-refractivity contribution is 6.17. The van der Waals surface area contributed by atoms with Crippen molar-refractivity contribution >= 4 is 28.9 Å². The van der Waals surface area contributed by atoms with Gasteiger partial charge >= 0.3 is 11.9 Å². The predicted octanol–water partition coefficient (Wildman–Crippen LogP) is 2.88. The van der Waals surface area contributed by atoms with E-state index in [9.17, 15) is 14.0 Å². The Morgan fingerprint density at radius 2 is 1.74 bits per heavy atom. The fourth-order valence-electron chi connectivity index (χ4n) is 1.98. The molecular weight excluding hydrogens is 301 g/mol. The highest BCUT2D eigenvalue weighted by Gasteiger charge is 2.22. The molecule has 0 saturated carbocycles. The summed E-state index contributed by atoms with van der Waals surface area (Å²) >= 11 is 0. The Labute approximate surface area is 132 Å². The number of para-hydroxylation sites is 1. The first-order chi connectivity index (χ1) is 11.1. The first-order valence-corrected chi connectivity index (χ1v) is 7.18. The average Bonchev–Trinajstić information content (AvgIpc) is 2.53. The van der Waals surface area contributed by atoms with Gasteiger partial charge < -0.3 is 9.47 Å². The van der Waals surface area contributed by atoms with E-state index in [2.05, 4.69) is 4.98 Å². The van der Waals surface area contributed by atoms with Gasteiger partial charge in [0.2, 0.25) is 5.95 Å². The Hall–Kier alpha value is -2.76. The molecule has 1 aromatic heterocycles. The lowest BCUT2D eigenvalue weighted by Crippen LogP contribution is -2.18. The third kappa shape index (κ3) is 3.91. The lowest BCUT2D eigenvalue weighted by atomic mass is 10.1. The van der Waals surface area contributed by atoms with Crippen LogP contribution in [-0.2, 0) is 19.1 Å². The van der Waals surface area contributed by atoms with Crippen LogP contribution in [0.4, 0.5) is 4.39 Å². The van der Waals surface area contributed by atoms with Gasteiger partial charge in [-0.1, -0.05) is 18.2 Å². The topological polar surface area (TPSA) is 65.5 Å². The largest absolute Gasteiger partial charge is 0.462 e. The molecule has 1 aromatic carbocycles. The van der Waals surface area contributed by atoms with Crippen molar-refractivity contribution in [2.45, 2.75) is 13.8 Å². The van der Waals surface area contributed by atoms with Crippen LogP contribution in [0.3, 0.4) is 0 Å². The highest BCUT2D eigenvalue weighted by atomic mass is 19.1. The molecule has 0 radical (unpaired) electrons. The van der Waals surface area contributed by atoms with Crippen molar-refractivity contribution in [3.05, 3.63) is 47.4 Å². The van der Waals surface area contributed by atoms with E-state index in [1.807, 2.05) is 0 Å². The van der Waals surface area contributed by atoms with Crippen LogP contribution in [0, 0.1) is 5.95 Å². The number of carbonyl (C=O) groups is 2. The van der Waals surface area contributed by atoms with Crippen LogP contribution >= 0.6 is 0 Å². The van der Waals surface area contributed by atoms with Gasteiger partial charge in [0.15, 0.2) is 0 Å². The third-order valence-electron chi connectivity index (χ3n) is 3.00. The summed E-state index contributed by atoms with van der Waals surface area (Å²) in [4.78, 5) is 27.6. The maximum absolute atomic E-state index is 14.1. The zero-order valence-electron chi connectivity index (χ0n) is 12.8. The molecular formula is C17H16FNO4. The lowest BCUT2D eigenvalue weighted by molar-refractivity contribution is -0.146. The fourth-order valence-corrected chi connectivity index (χ4v) is 1.98. The van der Waals surface area contributed by atoms with Crippen molar-refractivity contribution in [3.63, 3.8) is 0 Å². The van der Waals surface area contributed by atoms with Gasteiger partial charge in [0.05, 0.1) is 18.7 Å². The number of halogens is 1. The van der Waals surface area contributed by atoms with E-state index in [0.717, 1.165) is 6.08 Å². The second-order valence-electron chi connectivity index (χ2n) is 4.56. The van der Waals surface area contributed by atoms with Crippen molar-refractivity contribution in [2.75, 3.05) is 13.2 Å². The molecule has 0 fully saturated rings. The first kappa shape index (κ1) is 16.6. The maximum Gasteiger partial charge on any atom is 0.345 e. The molecule has 0 spiro atoms. The normalized spacial score (nSPS) is 10.2. The zero-order chi connectivity index (χ0) is 16.8. The number of hydrogen-bond acceptors (Lipinski definition) is 5. The Balaban J connectivity index is 2.50. The number of ether oxygens (including phenoxy) is 2. The molecule has 2 rings (SSSR count). The fraction of sp³-hybridized carbons (Fsp3) is 0.235. The van der Waals surface area contributed by atoms with E-state index in [4.69, 9.17) is 9.47 Å². The van der Waals surface area contributed by atoms with E-state index < -0.39 is 17.9 Å². The summed E-state index contributed by atoms with van der Waals surface area (Å²) < 4.78 is 23.8. The molecule has 0 unspecified atom stereocenters. The number of pyridine rings is 1. The van der Waals surface area contributed by atoms with E-state index in [1.54, 1.807) is 38.1 Å². The number of rotatable bonds is 5. The summed E-state index contributed by atoms with van der Waals surface area (Å²) in [5, 5.41) is 0.687. The van der Waals surface area contributed by atoms with Crippen molar-refractivity contribution in [2.24, 2.45) is 0 Å². The second kappa shape index (κ2) is 7.49. The van der Waals surface area contributed by atoms with Crippen LogP contribution in [-0.4, -0.2) is 30.1 Å². The molecule has 120 valence electrons. The molecule has 1 heterocycles. The summed E-state index contributed by atoms with van der Waals surface area (Å²) in [6, 6.07) is 8.47. The smallest absolute Gasteiger partial charge is 0.345 e. The SMILES string of the molecule is CCOC(=O)C(=Cc1cc2ccccc2nc1F)C(=O)OCC. The molecule has 6 heteroatoms. The van der Waals surface area contributed by atoms with Gasteiger partial charge in [0, 0.05) is 10.9 Å². The molecule has 0 N–H and O–H groups in total. The minimum absolute atomic E-state index is 0.0137. The number of esters is 2. The standard InChI is InChI=1S/C17H16FNO4/c1-3-22-16(20)13(17(21)23-4-2)10-12-9-11-7-5-6-8-14(11)19-15(12)18/h5-10H,3-4H2,1-2H3. The van der Waals surface area contributed by atoms with Crippen molar-refractivity contribution in [1.29, 1.82) is 0 Å². The first-order valence-electron chi connectivity index (χ1n) is 7.18. The molecule has 23 heavy (non-hydrogen) atoms. The van der Waals surface area contributed by atoms with E-state index in [1.165, 1.54) is 6.07 Å².